The minimum atomic E-state index is -0.207. The molecule has 18 heavy (non-hydrogen) atoms. The number of rotatable bonds is 2. The van der Waals surface area contributed by atoms with Gasteiger partial charge in [-0.1, -0.05) is 18.2 Å². The SMILES string of the molecule is Cc1ccccc1N1CC(C2CCNC2)OC1=O. The monoisotopic (exact) mass is 246 g/mol. The van der Waals surface area contributed by atoms with Crippen LogP contribution in [-0.4, -0.2) is 31.8 Å². The largest absolute Gasteiger partial charge is 0.444 e. The molecule has 1 N–H and O–H groups in total. The van der Waals surface area contributed by atoms with Crippen LogP contribution >= 0.6 is 0 Å². The number of hydrogen-bond acceptors (Lipinski definition) is 3. The van der Waals surface area contributed by atoms with E-state index in [-0.39, 0.29) is 12.2 Å². The fourth-order valence-electron chi connectivity index (χ4n) is 2.79. The van der Waals surface area contributed by atoms with Crippen molar-refractivity contribution in [2.45, 2.75) is 19.4 Å². The molecule has 0 bridgehead atoms. The second-order valence-corrected chi connectivity index (χ2v) is 5.07. The lowest BCUT2D eigenvalue weighted by Gasteiger charge is -2.17. The molecule has 2 atom stereocenters. The van der Waals surface area contributed by atoms with E-state index in [2.05, 4.69) is 5.32 Å². The smallest absolute Gasteiger partial charge is 0.414 e. The van der Waals surface area contributed by atoms with Crippen LogP contribution in [0, 0.1) is 12.8 Å². The zero-order valence-electron chi connectivity index (χ0n) is 10.6. The van der Waals surface area contributed by atoms with E-state index in [1.54, 1.807) is 4.90 Å². The maximum atomic E-state index is 12.0. The van der Waals surface area contributed by atoms with E-state index in [4.69, 9.17) is 4.74 Å². The summed E-state index contributed by atoms with van der Waals surface area (Å²) in [7, 11) is 0. The maximum Gasteiger partial charge on any atom is 0.414 e. The zero-order valence-corrected chi connectivity index (χ0v) is 10.6. The van der Waals surface area contributed by atoms with Gasteiger partial charge in [-0.25, -0.2) is 4.79 Å². The van der Waals surface area contributed by atoms with Gasteiger partial charge in [-0.2, -0.15) is 0 Å². The molecule has 0 aromatic heterocycles. The van der Waals surface area contributed by atoms with Crippen molar-refractivity contribution >= 4 is 11.8 Å². The molecule has 1 aromatic rings. The normalized spacial score (nSPS) is 27.6. The van der Waals surface area contributed by atoms with Crippen LogP contribution in [0.15, 0.2) is 24.3 Å². The van der Waals surface area contributed by atoms with Crippen LogP contribution in [0.4, 0.5) is 10.5 Å². The summed E-state index contributed by atoms with van der Waals surface area (Å²) in [6.07, 6.45) is 0.924. The van der Waals surface area contributed by atoms with Crippen LogP contribution in [0.5, 0.6) is 0 Å². The zero-order chi connectivity index (χ0) is 12.5. The number of hydrogen-bond donors (Lipinski definition) is 1. The molecule has 2 saturated heterocycles. The van der Waals surface area contributed by atoms with E-state index in [1.165, 1.54) is 0 Å². The van der Waals surface area contributed by atoms with Crippen LogP contribution in [0.2, 0.25) is 0 Å². The van der Waals surface area contributed by atoms with Gasteiger partial charge in [-0.05, 0) is 31.5 Å². The standard InChI is InChI=1S/C14H18N2O2/c1-10-4-2-3-5-12(10)16-9-13(18-14(16)17)11-6-7-15-8-11/h2-5,11,13,15H,6-9H2,1H3. The summed E-state index contributed by atoms with van der Waals surface area (Å²) in [6.45, 7) is 4.69. The highest BCUT2D eigenvalue weighted by atomic mass is 16.6. The Morgan fingerprint density at radius 2 is 2.22 bits per heavy atom. The predicted molar refractivity (Wildman–Crippen MR) is 69.8 cm³/mol. The number of nitrogens with zero attached hydrogens (tertiary/aromatic N) is 1. The highest BCUT2D eigenvalue weighted by Crippen LogP contribution is 2.29. The molecule has 2 unspecified atom stereocenters. The van der Waals surface area contributed by atoms with Gasteiger partial charge in [-0.3, -0.25) is 4.90 Å². The highest BCUT2D eigenvalue weighted by Gasteiger charge is 2.38. The third-order valence-electron chi connectivity index (χ3n) is 3.87. The number of aryl methyl sites for hydroxylation is 1. The van der Waals surface area contributed by atoms with Crippen molar-refractivity contribution < 1.29 is 9.53 Å². The number of nitrogens with one attached hydrogen (secondary N) is 1. The van der Waals surface area contributed by atoms with Crippen LogP contribution in [0.1, 0.15) is 12.0 Å². The van der Waals surface area contributed by atoms with E-state index in [0.29, 0.717) is 12.5 Å². The van der Waals surface area contributed by atoms with Gasteiger partial charge in [0.2, 0.25) is 0 Å². The molecular weight excluding hydrogens is 228 g/mol. The van der Waals surface area contributed by atoms with Crippen LogP contribution in [0.3, 0.4) is 0 Å². The van der Waals surface area contributed by atoms with E-state index in [9.17, 15) is 4.79 Å². The number of carbonyl (C=O) groups excluding carboxylic acids is 1. The number of amides is 1. The second kappa shape index (κ2) is 4.61. The second-order valence-electron chi connectivity index (χ2n) is 5.07. The third kappa shape index (κ3) is 1.97. The number of para-hydroxylation sites is 1. The number of benzene rings is 1. The Morgan fingerprint density at radius 3 is 2.94 bits per heavy atom. The van der Waals surface area contributed by atoms with E-state index in [0.717, 1.165) is 30.8 Å². The molecule has 0 spiro atoms. The minimum Gasteiger partial charge on any atom is -0.444 e. The van der Waals surface area contributed by atoms with Crippen LogP contribution in [0.25, 0.3) is 0 Å². The van der Waals surface area contributed by atoms with Gasteiger partial charge in [0.25, 0.3) is 0 Å². The first-order valence-corrected chi connectivity index (χ1v) is 6.50. The van der Waals surface area contributed by atoms with Gasteiger partial charge in [0.1, 0.15) is 6.10 Å². The van der Waals surface area contributed by atoms with Crippen molar-refractivity contribution in [2.75, 3.05) is 24.5 Å². The van der Waals surface area contributed by atoms with Crippen LogP contribution < -0.4 is 10.2 Å². The average Bonchev–Trinajstić information content (AvgIpc) is 2.99. The Hall–Kier alpha value is -1.55. The molecule has 0 saturated carbocycles. The lowest BCUT2D eigenvalue weighted by molar-refractivity contribution is 0.111. The molecule has 3 rings (SSSR count). The molecule has 0 aliphatic carbocycles. The van der Waals surface area contributed by atoms with Crippen molar-refractivity contribution in [1.29, 1.82) is 0 Å². The number of anilines is 1. The number of cyclic esters (lactones) is 1. The summed E-state index contributed by atoms with van der Waals surface area (Å²) in [6, 6.07) is 7.94. The predicted octanol–water partition coefficient (Wildman–Crippen LogP) is 1.93. The molecule has 1 amide bonds. The third-order valence-corrected chi connectivity index (χ3v) is 3.87. The van der Waals surface area contributed by atoms with Gasteiger partial charge < -0.3 is 10.1 Å². The lowest BCUT2D eigenvalue weighted by Crippen LogP contribution is -2.29. The van der Waals surface area contributed by atoms with Crippen molar-refractivity contribution in [3.8, 4) is 0 Å². The molecule has 2 aliphatic rings. The topological polar surface area (TPSA) is 41.6 Å². The highest BCUT2D eigenvalue weighted by molar-refractivity contribution is 5.90. The van der Waals surface area contributed by atoms with Crippen molar-refractivity contribution in [2.24, 2.45) is 5.92 Å². The number of ether oxygens (including phenoxy) is 1. The Bertz CT molecular complexity index is 455. The van der Waals surface area contributed by atoms with Gasteiger partial charge in [-0.15, -0.1) is 0 Å². The minimum absolute atomic E-state index is 0.0344. The Balaban J connectivity index is 1.78. The Morgan fingerprint density at radius 1 is 1.39 bits per heavy atom. The molecule has 4 nitrogen and oxygen atoms in total. The summed E-state index contributed by atoms with van der Waals surface area (Å²) >= 11 is 0. The maximum absolute atomic E-state index is 12.0. The van der Waals surface area contributed by atoms with Gasteiger partial charge >= 0.3 is 6.09 Å². The molecule has 4 heteroatoms. The molecule has 96 valence electrons. The van der Waals surface area contributed by atoms with Crippen molar-refractivity contribution in [1.82, 2.24) is 5.32 Å². The fraction of sp³-hybridized carbons (Fsp3) is 0.500. The summed E-state index contributed by atoms with van der Waals surface area (Å²) in [5, 5.41) is 3.32. The van der Waals surface area contributed by atoms with Gasteiger partial charge in [0, 0.05) is 12.5 Å². The Labute approximate surface area is 107 Å². The molecule has 2 heterocycles. The van der Waals surface area contributed by atoms with Gasteiger partial charge in [0.05, 0.1) is 12.2 Å². The van der Waals surface area contributed by atoms with E-state index in [1.807, 2.05) is 31.2 Å². The van der Waals surface area contributed by atoms with E-state index >= 15 is 0 Å². The van der Waals surface area contributed by atoms with Gasteiger partial charge in [0.15, 0.2) is 0 Å². The molecule has 1 aromatic carbocycles. The summed E-state index contributed by atoms with van der Waals surface area (Å²) in [4.78, 5) is 13.7. The first-order valence-electron chi connectivity index (χ1n) is 6.50. The van der Waals surface area contributed by atoms with E-state index < -0.39 is 0 Å². The summed E-state index contributed by atoms with van der Waals surface area (Å²) in [5.41, 5.74) is 2.08. The summed E-state index contributed by atoms with van der Waals surface area (Å²) in [5.74, 6) is 0.461. The first kappa shape index (κ1) is 11.5. The van der Waals surface area contributed by atoms with Crippen molar-refractivity contribution in [3.63, 3.8) is 0 Å². The molecule has 2 fully saturated rings. The fourth-order valence-corrected chi connectivity index (χ4v) is 2.79. The quantitative estimate of drug-likeness (QED) is 0.867. The van der Waals surface area contributed by atoms with Crippen molar-refractivity contribution in [3.05, 3.63) is 29.8 Å². The first-order chi connectivity index (χ1) is 8.75. The molecule has 0 radical (unpaired) electrons. The van der Waals surface area contributed by atoms with Crippen LogP contribution in [-0.2, 0) is 4.74 Å². The average molecular weight is 246 g/mol. The molecule has 2 aliphatic heterocycles. The lowest BCUT2D eigenvalue weighted by atomic mass is 10.0. The molecular formula is C14H18N2O2. The number of carbonyl (C=O) groups is 1. The summed E-state index contributed by atoms with van der Waals surface area (Å²) < 4.78 is 5.51. The Kier molecular flexibility index (Phi) is 2.96.